The van der Waals surface area contributed by atoms with Gasteiger partial charge in [0.2, 0.25) is 11.1 Å². The van der Waals surface area contributed by atoms with Crippen LogP contribution in [0.4, 0.5) is 17.2 Å². The SMILES string of the molecule is Cc1nc(Cl)nc(N(C)c2ccccc2C#N)c1[N+](=O)[O-]. The van der Waals surface area contributed by atoms with E-state index in [0.29, 0.717) is 11.3 Å². The molecule has 0 radical (unpaired) electrons. The number of rotatable bonds is 3. The summed E-state index contributed by atoms with van der Waals surface area (Å²) in [6, 6.07) is 8.77. The molecule has 0 spiro atoms. The molecule has 1 aromatic heterocycles. The van der Waals surface area contributed by atoms with Crippen LogP contribution in [-0.4, -0.2) is 21.9 Å². The fraction of sp³-hybridized carbons (Fsp3) is 0.154. The van der Waals surface area contributed by atoms with E-state index >= 15 is 0 Å². The predicted octanol–water partition coefficient (Wildman–Crippen LogP) is 2.99. The van der Waals surface area contributed by atoms with Gasteiger partial charge in [0.25, 0.3) is 0 Å². The third-order valence-corrected chi connectivity index (χ3v) is 3.07. The molecule has 106 valence electrons. The summed E-state index contributed by atoms with van der Waals surface area (Å²) < 4.78 is 0. The van der Waals surface area contributed by atoms with Crippen LogP contribution in [0.15, 0.2) is 24.3 Å². The summed E-state index contributed by atoms with van der Waals surface area (Å²) in [5.74, 6) is 0.0419. The number of hydrogen-bond donors (Lipinski definition) is 0. The topological polar surface area (TPSA) is 96.0 Å². The van der Waals surface area contributed by atoms with E-state index in [1.165, 1.54) is 11.8 Å². The molecule has 2 rings (SSSR count). The Kier molecular flexibility index (Phi) is 4.00. The molecule has 0 aliphatic carbocycles. The van der Waals surface area contributed by atoms with Crippen molar-refractivity contribution in [1.82, 2.24) is 9.97 Å². The molecule has 0 fully saturated rings. The van der Waals surface area contributed by atoms with E-state index in [1.807, 2.05) is 6.07 Å². The summed E-state index contributed by atoms with van der Waals surface area (Å²) in [5.41, 5.74) is 0.796. The van der Waals surface area contributed by atoms with Crippen molar-refractivity contribution in [2.24, 2.45) is 0 Å². The Bertz CT molecular complexity index is 757. The Morgan fingerprint density at radius 3 is 2.67 bits per heavy atom. The number of nitro groups is 1. The summed E-state index contributed by atoms with van der Waals surface area (Å²) >= 11 is 5.80. The second kappa shape index (κ2) is 5.73. The molecule has 0 saturated heterocycles. The van der Waals surface area contributed by atoms with Gasteiger partial charge in [0.15, 0.2) is 0 Å². The van der Waals surface area contributed by atoms with Crippen molar-refractivity contribution in [3.05, 3.63) is 50.9 Å². The second-order valence-electron chi connectivity index (χ2n) is 4.20. The minimum atomic E-state index is -0.563. The number of halogens is 1. The molecular weight excluding hydrogens is 294 g/mol. The summed E-state index contributed by atoms with van der Waals surface area (Å²) in [4.78, 5) is 19.9. The average molecular weight is 304 g/mol. The van der Waals surface area contributed by atoms with Gasteiger partial charge < -0.3 is 4.90 Å². The number of hydrogen-bond acceptors (Lipinski definition) is 6. The Labute approximate surface area is 125 Å². The van der Waals surface area contributed by atoms with E-state index in [-0.39, 0.29) is 22.5 Å². The third kappa shape index (κ3) is 2.75. The Balaban J connectivity index is 2.66. The molecular formula is C13H10ClN5O2. The highest BCUT2D eigenvalue weighted by Crippen LogP contribution is 2.34. The lowest BCUT2D eigenvalue weighted by atomic mass is 10.1. The Morgan fingerprint density at radius 1 is 1.38 bits per heavy atom. The predicted molar refractivity (Wildman–Crippen MR) is 77.7 cm³/mol. The van der Waals surface area contributed by atoms with Gasteiger partial charge in [0.1, 0.15) is 11.8 Å². The van der Waals surface area contributed by atoms with Crippen molar-refractivity contribution in [3.8, 4) is 6.07 Å². The van der Waals surface area contributed by atoms with Crippen LogP contribution < -0.4 is 4.90 Å². The minimum Gasteiger partial charge on any atom is -0.322 e. The first-order valence-electron chi connectivity index (χ1n) is 5.87. The average Bonchev–Trinajstić information content (AvgIpc) is 2.45. The van der Waals surface area contributed by atoms with Gasteiger partial charge in [-0.1, -0.05) is 12.1 Å². The molecule has 0 atom stereocenters. The quantitative estimate of drug-likeness (QED) is 0.491. The molecule has 0 N–H and O–H groups in total. The molecule has 8 heteroatoms. The first-order chi connectivity index (χ1) is 9.95. The molecule has 0 saturated carbocycles. The molecule has 1 aromatic carbocycles. The van der Waals surface area contributed by atoms with E-state index < -0.39 is 4.92 Å². The third-order valence-electron chi connectivity index (χ3n) is 2.90. The molecule has 21 heavy (non-hydrogen) atoms. The van der Waals surface area contributed by atoms with Gasteiger partial charge in [-0.15, -0.1) is 0 Å². The van der Waals surface area contributed by atoms with E-state index in [4.69, 9.17) is 16.9 Å². The van der Waals surface area contributed by atoms with Crippen LogP contribution in [0.25, 0.3) is 0 Å². The van der Waals surface area contributed by atoms with Gasteiger partial charge >= 0.3 is 5.69 Å². The van der Waals surface area contributed by atoms with Crippen LogP contribution in [0.2, 0.25) is 5.28 Å². The zero-order valence-electron chi connectivity index (χ0n) is 11.2. The van der Waals surface area contributed by atoms with Crippen molar-refractivity contribution in [3.63, 3.8) is 0 Å². The fourth-order valence-electron chi connectivity index (χ4n) is 1.94. The molecule has 0 amide bonds. The highest BCUT2D eigenvalue weighted by molar-refractivity contribution is 6.28. The number of benzene rings is 1. The summed E-state index contributed by atoms with van der Waals surface area (Å²) in [6.07, 6.45) is 0. The number of nitriles is 1. The van der Waals surface area contributed by atoms with Crippen molar-refractivity contribution >= 4 is 28.8 Å². The molecule has 0 aliphatic heterocycles. The van der Waals surface area contributed by atoms with Crippen LogP contribution in [-0.2, 0) is 0 Å². The first-order valence-corrected chi connectivity index (χ1v) is 6.25. The van der Waals surface area contributed by atoms with Crippen molar-refractivity contribution in [1.29, 1.82) is 5.26 Å². The van der Waals surface area contributed by atoms with Crippen molar-refractivity contribution < 1.29 is 4.92 Å². The molecule has 7 nitrogen and oxygen atoms in total. The number of aryl methyl sites for hydroxylation is 1. The molecule has 1 heterocycles. The lowest BCUT2D eigenvalue weighted by Gasteiger charge is -2.19. The van der Waals surface area contributed by atoms with Crippen LogP contribution in [0, 0.1) is 28.4 Å². The molecule has 2 aromatic rings. The lowest BCUT2D eigenvalue weighted by molar-refractivity contribution is -0.385. The Hall–Kier alpha value is -2.72. The van der Waals surface area contributed by atoms with Crippen LogP contribution in [0.5, 0.6) is 0 Å². The zero-order valence-corrected chi connectivity index (χ0v) is 12.0. The van der Waals surface area contributed by atoms with Gasteiger partial charge in [-0.05, 0) is 30.7 Å². The maximum absolute atomic E-state index is 11.2. The minimum absolute atomic E-state index is 0.0419. The van der Waals surface area contributed by atoms with Crippen molar-refractivity contribution in [2.75, 3.05) is 11.9 Å². The van der Waals surface area contributed by atoms with Crippen LogP contribution >= 0.6 is 11.6 Å². The Morgan fingerprint density at radius 2 is 2.05 bits per heavy atom. The number of anilines is 2. The highest BCUT2D eigenvalue weighted by atomic mass is 35.5. The largest absolute Gasteiger partial charge is 0.333 e. The summed E-state index contributed by atoms with van der Waals surface area (Å²) in [5, 5.41) is 20.3. The number of aromatic nitrogens is 2. The number of nitrogens with zero attached hydrogens (tertiary/aromatic N) is 5. The van der Waals surface area contributed by atoms with E-state index in [9.17, 15) is 10.1 Å². The maximum atomic E-state index is 11.2. The fourth-order valence-corrected chi connectivity index (χ4v) is 2.15. The second-order valence-corrected chi connectivity index (χ2v) is 4.53. The van der Waals surface area contributed by atoms with E-state index in [2.05, 4.69) is 9.97 Å². The lowest BCUT2D eigenvalue weighted by Crippen LogP contribution is -2.16. The maximum Gasteiger partial charge on any atom is 0.333 e. The summed E-state index contributed by atoms with van der Waals surface area (Å²) in [6.45, 7) is 1.49. The zero-order chi connectivity index (χ0) is 15.6. The number of para-hydroxylation sites is 1. The van der Waals surface area contributed by atoms with Crippen LogP contribution in [0.3, 0.4) is 0 Å². The molecule has 0 unspecified atom stereocenters. The molecule has 0 bridgehead atoms. The monoisotopic (exact) mass is 303 g/mol. The van der Waals surface area contributed by atoms with Gasteiger partial charge in [0, 0.05) is 7.05 Å². The van der Waals surface area contributed by atoms with E-state index in [0.717, 1.165) is 0 Å². The van der Waals surface area contributed by atoms with Gasteiger partial charge in [-0.2, -0.15) is 10.2 Å². The smallest absolute Gasteiger partial charge is 0.322 e. The highest BCUT2D eigenvalue weighted by Gasteiger charge is 2.26. The standard InChI is InChI=1S/C13H10ClN5O2/c1-8-11(19(20)21)12(17-13(14)16-8)18(2)10-6-4-3-5-9(10)7-15/h3-6H,1-2H3. The summed E-state index contributed by atoms with van der Waals surface area (Å²) in [7, 11) is 1.58. The van der Waals surface area contributed by atoms with Crippen molar-refractivity contribution in [2.45, 2.75) is 6.92 Å². The normalized spacial score (nSPS) is 10.0. The van der Waals surface area contributed by atoms with Gasteiger partial charge in [-0.25, -0.2) is 4.98 Å². The molecule has 0 aliphatic rings. The van der Waals surface area contributed by atoms with Crippen LogP contribution in [0.1, 0.15) is 11.3 Å². The van der Waals surface area contributed by atoms with Gasteiger partial charge in [0.05, 0.1) is 16.2 Å². The van der Waals surface area contributed by atoms with Gasteiger partial charge in [-0.3, -0.25) is 10.1 Å². The van der Waals surface area contributed by atoms with E-state index in [1.54, 1.807) is 31.3 Å². The first kappa shape index (κ1) is 14.7.